The molecule has 2 fully saturated rings. The Labute approximate surface area is 230 Å². The number of amides is 1. The third-order valence-corrected chi connectivity index (χ3v) is 7.88. The van der Waals surface area contributed by atoms with Gasteiger partial charge in [-0.15, -0.1) is 0 Å². The van der Waals surface area contributed by atoms with Gasteiger partial charge in [-0.1, -0.05) is 0 Å². The highest BCUT2D eigenvalue weighted by Gasteiger charge is 2.50. The number of aromatic nitrogens is 5. The first kappa shape index (κ1) is 28.4. The molecular formula is C25H37N9O6. The van der Waals surface area contributed by atoms with Crippen molar-refractivity contribution < 1.29 is 30.0 Å². The third kappa shape index (κ3) is 5.28. The van der Waals surface area contributed by atoms with E-state index in [1.807, 2.05) is 7.05 Å². The number of fused-ring (bicyclic) bond motifs is 1. The highest BCUT2D eigenvalue weighted by molar-refractivity contribution is 5.99. The van der Waals surface area contributed by atoms with Crippen LogP contribution in [0.3, 0.4) is 0 Å². The van der Waals surface area contributed by atoms with Gasteiger partial charge in [0.15, 0.2) is 18.6 Å². The summed E-state index contributed by atoms with van der Waals surface area (Å²) in [4.78, 5) is 26.1. The van der Waals surface area contributed by atoms with Crippen LogP contribution in [0.15, 0.2) is 24.8 Å². The van der Waals surface area contributed by atoms with Gasteiger partial charge >= 0.3 is 0 Å². The first-order valence-corrected chi connectivity index (χ1v) is 13.3. The maximum Gasteiger partial charge on any atom is 0.254 e. The molecular weight excluding hydrogens is 522 g/mol. The molecule has 8 N–H and O–H groups in total. The van der Waals surface area contributed by atoms with Gasteiger partial charge in [0, 0.05) is 37.6 Å². The fraction of sp³-hybridized carbons (Fsp3) is 0.600. The molecule has 218 valence electrons. The van der Waals surface area contributed by atoms with E-state index in [1.54, 1.807) is 35.1 Å². The van der Waals surface area contributed by atoms with Crippen LogP contribution >= 0.6 is 0 Å². The zero-order valence-electron chi connectivity index (χ0n) is 22.5. The number of carbonyl (C=O) groups excluding carboxylic acids is 1. The molecule has 0 aliphatic carbocycles. The van der Waals surface area contributed by atoms with Crippen molar-refractivity contribution in [1.29, 1.82) is 0 Å². The van der Waals surface area contributed by atoms with E-state index >= 15 is 0 Å². The number of piperidine rings is 1. The lowest BCUT2D eigenvalue weighted by Crippen LogP contribution is -2.53. The minimum absolute atomic E-state index is 0.135. The molecule has 5 atom stereocenters. The Hall–Kier alpha value is -3.18. The first-order chi connectivity index (χ1) is 19.1. The molecule has 0 bridgehead atoms. The molecule has 0 aromatic carbocycles. The van der Waals surface area contributed by atoms with Crippen LogP contribution in [-0.2, 0) is 16.6 Å². The Morgan fingerprint density at radius 3 is 2.58 bits per heavy atom. The number of nitrogens with zero attached hydrogens (tertiary/aromatic N) is 7. The van der Waals surface area contributed by atoms with Gasteiger partial charge in [0.2, 0.25) is 0 Å². The fourth-order valence-corrected chi connectivity index (χ4v) is 5.53. The van der Waals surface area contributed by atoms with Gasteiger partial charge in [-0.25, -0.2) is 9.97 Å². The molecule has 0 radical (unpaired) electrons. The van der Waals surface area contributed by atoms with Gasteiger partial charge in [0.25, 0.3) is 5.91 Å². The van der Waals surface area contributed by atoms with Crippen molar-refractivity contribution in [2.75, 3.05) is 32.4 Å². The zero-order chi connectivity index (χ0) is 28.7. The maximum absolute atomic E-state index is 13.9. The van der Waals surface area contributed by atoms with Crippen molar-refractivity contribution in [2.45, 2.75) is 62.2 Å². The molecule has 3 aromatic rings. The molecule has 15 nitrogen and oxygen atoms in total. The van der Waals surface area contributed by atoms with E-state index in [1.165, 1.54) is 10.9 Å². The summed E-state index contributed by atoms with van der Waals surface area (Å²) in [6.07, 6.45) is -0.980. The van der Waals surface area contributed by atoms with Crippen molar-refractivity contribution in [3.63, 3.8) is 0 Å². The number of aryl methyl sites for hydroxylation is 1. The number of hydrogen-bond acceptors (Lipinski definition) is 12. The van der Waals surface area contributed by atoms with Crippen LogP contribution in [0.4, 0.5) is 5.82 Å². The summed E-state index contributed by atoms with van der Waals surface area (Å²) in [5, 5.41) is 46.0. The van der Waals surface area contributed by atoms with Crippen molar-refractivity contribution in [3.8, 4) is 11.3 Å². The van der Waals surface area contributed by atoms with Crippen LogP contribution in [0, 0.1) is 0 Å². The van der Waals surface area contributed by atoms with Gasteiger partial charge < -0.3 is 51.0 Å². The standard InChI is InChI=1S/C25H37N9O6/c1-31-7-3-13(4-8-31)33(10-5-15(26)25(38)39)23(37)20-18(35)19(36)24(40-20)34-11-14(16-6-9-32(2)30-16)17-21(27)28-12-29-22(17)34/h6,9,11-13,15,18-20,24-25,35-36,38-39H,3-5,7-8,10,26H2,1-2H3,(H2,27,28,29)/t15-,18-,19+,20-,24+/m0/s1. The van der Waals surface area contributed by atoms with Crippen molar-refractivity contribution in [1.82, 2.24) is 34.1 Å². The monoisotopic (exact) mass is 559 g/mol. The normalized spacial score (nSPS) is 25.2. The summed E-state index contributed by atoms with van der Waals surface area (Å²) in [6.45, 7) is 1.68. The third-order valence-electron chi connectivity index (χ3n) is 7.88. The van der Waals surface area contributed by atoms with Gasteiger partial charge in [-0.2, -0.15) is 5.10 Å². The van der Waals surface area contributed by atoms with Crippen molar-refractivity contribution in [2.24, 2.45) is 12.8 Å². The first-order valence-electron chi connectivity index (χ1n) is 13.3. The second-order valence-corrected chi connectivity index (χ2v) is 10.6. The van der Waals surface area contributed by atoms with Gasteiger partial charge in [-0.3, -0.25) is 9.48 Å². The minimum Gasteiger partial charge on any atom is -0.387 e. The van der Waals surface area contributed by atoms with Crippen LogP contribution in [0.1, 0.15) is 25.5 Å². The number of nitrogen functional groups attached to an aromatic ring is 1. The number of nitrogens with two attached hydrogens (primary N) is 2. The Bertz CT molecular complexity index is 1340. The van der Waals surface area contributed by atoms with Crippen LogP contribution in [-0.4, -0.2) is 124 Å². The van der Waals surface area contributed by atoms with E-state index in [0.29, 0.717) is 35.1 Å². The predicted octanol–water partition coefficient (Wildman–Crippen LogP) is -2.02. The number of carbonyl (C=O) groups is 1. The van der Waals surface area contributed by atoms with Gasteiger partial charge in [0.1, 0.15) is 30.0 Å². The Balaban J connectivity index is 1.45. The second kappa shape index (κ2) is 11.4. The molecule has 0 unspecified atom stereocenters. The number of anilines is 1. The second-order valence-electron chi connectivity index (χ2n) is 10.6. The number of hydrogen-bond donors (Lipinski definition) is 6. The number of likely N-dealkylation sites (tertiary alicyclic amines) is 1. The van der Waals surface area contributed by atoms with Crippen molar-refractivity contribution in [3.05, 3.63) is 24.8 Å². The average Bonchev–Trinajstić information content (AvgIpc) is 3.61. The highest BCUT2D eigenvalue weighted by Crippen LogP contribution is 2.38. The summed E-state index contributed by atoms with van der Waals surface area (Å²) in [7, 11) is 3.78. The van der Waals surface area contributed by atoms with Gasteiger partial charge in [0.05, 0.1) is 17.1 Å². The Morgan fingerprint density at radius 2 is 1.93 bits per heavy atom. The molecule has 2 aliphatic rings. The van der Waals surface area contributed by atoms with Crippen LogP contribution in [0.2, 0.25) is 0 Å². The van der Waals surface area contributed by atoms with Crippen molar-refractivity contribution >= 4 is 22.8 Å². The molecule has 40 heavy (non-hydrogen) atoms. The van der Waals surface area contributed by atoms with Crippen LogP contribution in [0.25, 0.3) is 22.3 Å². The molecule has 0 saturated carbocycles. The van der Waals surface area contributed by atoms with E-state index in [-0.39, 0.29) is 24.8 Å². The lowest BCUT2D eigenvalue weighted by molar-refractivity contribution is -0.152. The predicted molar refractivity (Wildman–Crippen MR) is 143 cm³/mol. The Morgan fingerprint density at radius 1 is 1.20 bits per heavy atom. The number of rotatable bonds is 8. The summed E-state index contributed by atoms with van der Waals surface area (Å²) in [5.41, 5.74) is 13.6. The molecule has 0 spiro atoms. The number of aliphatic hydroxyl groups excluding tert-OH is 3. The maximum atomic E-state index is 13.9. The summed E-state index contributed by atoms with van der Waals surface area (Å²) in [5.74, 6) is -0.292. The summed E-state index contributed by atoms with van der Waals surface area (Å²) < 4.78 is 9.26. The summed E-state index contributed by atoms with van der Waals surface area (Å²) in [6, 6.07) is 0.691. The average molecular weight is 560 g/mol. The van der Waals surface area contributed by atoms with E-state index in [4.69, 9.17) is 16.2 Å². The van der Waals surface area contributed by atoms with E-state index in [2.05, 4.69) is 20.0 Å². The smallest absolute Gasteiger partial charge is 0.254 e. The highest BCUT2D eigenvalue weighted by atomic mass is 16.6. The Kier molecular flexibility index (Phi) is 8.05. The topological polar surface area (TPSA) is 214 Å². The molecule has 15 heteroatoms. The SMILES string of the molecule is CN1CCC(N(CC[C@H](N)C(O)O)C(=O)[C@H]2O[C@@H](n3cc(-c4ccn(C)n4)c4c(N)ncnc43)[C@H](O)[C@@H]2O)CC1. The lowest BCUT2D eigenvalue weighted by atomic mass is 10.0. The number of aliphatic hydroxyl groups is 4. The fourth-order valence-electron chi connectivity index (χ4n) is 5.53. The number of ether oxygens (including phenoxy) is 1. The lowest BCUT2D eigenvalue weighted by Gasteiger charge is -2.39. The minimum atomic E-state index is -1.72. The van der Waals surface area contributed by atoms with E-state index < -0.39 is 42.8 Å². The molecule has 3 aromatic heterocycles. The van der Waals surface area contributed by atoms with Crippen LogP contribution < -0.4 is 11.5 Å². The molecule has 5 heterocycles. The zero-order valence-corrected chi connectivity index (χ0v) is 22.5. The quantitative estimate of drug-likeness (QED) is 0.165. The largest absolute Gasteiger partial charge is 0.387 e. The molecule has 2 aliphatic heterocycles. The summed E-state index contributed by atoms with van der Waals surface area (Å²) >= 11 is 0. The van der Waals surface area contributed by atoms with E-state index in [0.717, 1.165) is 13.1 Å². The van der Waals surface area contributed by atoms with Gasteiger partial charge in [-0.05, 0) is 45.5 Å². The molecule has 2 saturated heterocycles. The molecule has 5 rings (SSSR count). The molecule has 1 amide bonds. The van der Waals surface area contributed by atoms with E-state index in [9.17, 15) is 25.2 Å². The van der Waals surface area contributed by atoms with Crippen LogP contribution in [0.5, 0.6) is 0 Å².